The van der Waals surface area contributed by atoms with E-state index < -0.39 is 22.8 Å². The Morgan fingerprint density at radius 1 is 0.927 bits per heavy atom. The lowest BCUT2D eigenvalue weighted by atomic mass is 9.84. The van der Waals surface area contributed by atoms with E-state index in [2.05, 4.69) is 10.2 Å². The van der Waals surface area contributed by atoms with Gasteiger partial charge in [-0.05, 0) is 44.0 Å². The number of hydrogen-bond acceptors (Lipinski definition) is 7. The molecule has 0 saturated carbocycles. The number of amides is 2. The van der Waals surface area contributed by atoms with Crippen LogP contribution in [0.2, 0.25) is 0 Å². The van der Waals surface area contributed by atoms with Crippen LogP contribution in [0.4, 0.5) is 10.8 Å². The minimum atomic E-state index is -1.78. The van der Waals surface area contributed by atoms with Crippen LogP contribution in [-0.2, 0) is 23.3 Å². The van der Waals surface area contributed by atoms with Crippen molar-refractivity contribution in [3.8, 4) is 0 Å². The summed E-state index contributed by atoms with van der Waals surface area (Å²) in [4.78, 5) is 46.6. The molecule has 2 aliphatic rings. The van der Waals surface area contributed by atoms with Crippen molar-refractivity contribution in [2.45, 2.75) is 45.7 Å². The molecule has 7 rings (SSSR count). The molecular weight excluding hydrogens is 536 g/mol. The summed E-state index contributed by atoms with van der Waals surface area (Å²) in [6, 6.07) is 20.5. The largest absolute Gasteiger partial charge is 0.450 e. The van der Waals surface area contributed by atoms with Gasteiger partial charge in [0.25, 0.3) is 11.8 Å². The molecule has 0 saturated heterocycles. The number of aromatic nitrogens is 2. The fourth-order valence-corrected chi connectivity index (χ4v) is 6.95. The van der Waals surface area contributed by atoms with Crippen LogP contribution in [0.3, 0.4) is 0 Å². The van der Waals surface area contributed by atoms with Crippen LogP contribution < -0.4 is 15.2 Å². The smallest absolute Gasteiger partial charge is 0.297 e. The Hall–Kier alpha value is -4.63. The maximum atomic E-state index is 14.9. The van der Waals surface area contributed by atoms with Crippen molar-refractivity contribution < 1.29 is 14.0 Å². The van der Waals surface area contributed by atoms with Crippen molar-refractivity contribution in [1.29, 1.82) is 0 Å². The van der Waals surface area contributed by atoms with E-state index in [4.69, 9.17) is 4.42 Å². The van der Waals surface area contributed by atoms with Gasteiger partial charge in [0.1, 0.15) is 10.6 Å². The van der Waals surface area contributed by atoms with E-state index in [0.717, 1.165) is 28.1 Å². The molecule has 8 nitrogen and oxygen atoms in total. The molecule has 204 valence electrons. The Balaban J connectivity index is 1.53. The Kier molecular flexibility index (Phi) is 5.69. The van der Waals surface area contributed by atoms with E-state index in [9.17, 15) is 14.4 Å². The number of rotatable bonds is 5. The molecule has 4 heterocycles. The predicted molar refractivity (Wildman–Crippen MR) is 158 cm³/mol. The average Bonchev–Trinajstić information content (AvgIpc) is 3.60. The van der Waals surface area contributed by atoms with Crippen LogP contribution in [0, 0.1) is 13.8 Å². The van der Waals surface area contributed by atoms with E-state index in [0.29, 0.717) is 28.6 Å². The van der Waals surface area contributed by atoms with Gasteiger partial charge in [0.2, 0.25) is 10.9 Å². The van der Waals surface area contributed by atoms with Gasteiger partial charge in [-0.3, -0.25) is 19.3 Å². The van der Waals surface area contributed by atoms with Gasteiger partial charge < -0.3 is 9.32 Å². The molecule has 0 bridgehead atoms. The van der Waals surface area contributed by atoms with Gasteiger partial charge in [0.15, 0.2) is 11.0 Å². The van der Waals surface area contributed by atoms with Crippen LogP contribution in [-0.4, -0.2) is 22.0 Å². The van der Waals surface area contributed by atoms with Crippen LogP contribution in [0.15, 0.2) is 75.9 Å². The van der Waals surface area contributed by atoms with Crippen LogP contribution >= 0.6 is 11.3 Å². The van der Waals surface area contributed by atoms with Crippen LogP contribution in [0.25, 0.3) is 11.0 Å². The Bertz CT molecular complexity index is 1940. The molecule has 3 aromatic carbocycles. The summed E-state index contributed by atoms with van der Waals surface area (Å²) < 4.78 is 6.17. The molecule has 1 unspecified atom stereocenters. The number of hydrogen-bond donors (Lipinski definition) is 0. The van der Waals surface area contributed by atoms with Gasteiger partial charge in [-0.15, -0.1) is 10.2 Å². The normalized spacial score (nSPS) is 17.6. The summed E-state index contributed by atoms with van der Waals surface area (Å²) in [6.07, 6.45) is 1.54. The second kappa shape index (κ2) is 9.21. The molecule has 9 heteroatoms. The average molecular weight is 563 g/mol. The molecule has 0 radical (unpaired) electrons. The van der Waals surface area contributed by atoms with Crippen molar-refractivity contribution in [2.75, 3.05) is 9.80 Å². The van der Waals surface area contributed by atoms with E-state index >= 15 is 0 Å². The highest BCUT2D eigenvalue weighted by molar-refractivity contribution is 7.15. The number of aryl methyl sites for hydroxylation is 3. The predicted octanol–water partition coefficient (Wildman–Crippen LogP) is 5.66. The highest BCUT2D eigenvalue weighted by atomic mass is 32.1. The maximum Gasteiger partial charge on any atom is 0.297 e. The molecule has 0 N–H and O–H groups in total. The highest BCUT2D eigenvalue weighted by Gasteiger charge is 2.66. The molecule has 0 aliphatic carbocycles. The number of nitrogens with zero attached hydrogens (tertiary/aromatic N) is 4. The third kappa shape index (κ3) is 3.55. The van der Waals surface area contributed by atoms with Gasteiger partial charge in [-0.25, -0.2) is 0 Å². The van der Waals surface area contributed by atoms with Crippen molar-refractivity contribution in [3.63, 3.8) is 0 Å². The number of benzene rings is 3. The highest BCUT2D eigenvalue weighted by Crippen LogP contribution is 2.54. The standard InChI is InChI=1S/C32H26N4O4S/c1-4-7-25-33-34-31(41-25)36-29(38)28-26(27(37)21-16-19(3)12-15-24(21)40-28)32(36)22-8-5-6-9-23(22)35(30(32)39)17-20-13-10-18(2)11-14-20/h5-6,8-16H,4,7,17H2,1-3H3. The van der Waals surface area contributed by atoms with Crippen molar-refractivity contribution in [2.24, 2.45) is 0 Å². The first-order valence-corrected chi connectivity index (χ1v) is 14.4. The summed E-state index contributed by atoms with van der Waals surface area (Å²) in [6.45, 7) is 6.20. The first-order valence-electron chi connectivity index (χ1n) is 13.6. The van der Waals surface area contributed by atoms with E-state index in [1.165, 1.54) is 16.2 Å². The SMILES string of the molecule is CCCc1nnc(N2C(=O)c3oc4ccc(C)cc4c(=O)c3C23C(=O)N(Cc2ccc(C)cc2)c2ccccc23)s1. The first-order chi connectivity index (χ1) is 19.8. The second-order valence-electron chi connectivity index (χ2n) is 10.6. The topological polar surface area (TPSA) is 96.6 Å². The zero-order valence-corrected chi connectivity index (χ0v) is 23.6. The minimum absolute atomic E-state index is 0.0247. The fourth-order valence-electron chi connectivity index (χ4n) is 5.96. The number of para-hydroxylation sites is 1. The number of carbonyl (C=O) groups is 2. The van der Waals surface area contributed by atoms with Crippen molar-refractivity contribution in [3.05, 3.63) is 116 Å². The Labute approximate surface area is 239 Å². The molecule has 2 aromatic heterocycles. The molecular formula is C32H26N4O4S. The maximum absolute atomic E-state index is 14.9. The lowest BCUT2D eigenvalue weighted by molar-refractivity contribution is -0.121. The van der Waals surface area contributed by atoms with Crippen LogP contribution in [0.1, 0.15) is 56.7 Å². The lowest BCUT2D eigenvalue weighted by Crippen LogP contribution is -2.53. The molecule has 1 atom stereocenters. The Morgan fingerprint density at radius 3 is 2.46 bits per heavy atom. The quantitative estimate of drug-likeness (QED) is 0.274. The van der Waals surface area contributed by atoms with Gasteiger partial charge in [0.05, 0.1) is 23.2 Å². The number of anilines is 2. The second-order valence-corrected chi connectivity index (χ2v) is 11.6. The van der Waals surface area contributed by atoms with Crippen molar-refractivity contribution >= 4 is 44.9 Å². The van der Waals surface area contributed by atoms with E-state index in [1.807, 2.05) is 75.4 Å². The third-order valence-corrected chi connectivity index (χ3v) is 8.82. The Morgan fingerprint density at radius 2 is 1.68 bits per heavy atom. The summed E-state index contributed by atoms with van der Waals surface area (Å²) in [7, 11) is 0. The minimum Gasteiger partial charge on any atom is -0.450 e. The number of fused-ring (bicyclic) bond motifs is 5. The molecule has 1 spiro atoms. The summed E-state index contributed by atoms with van der Waals surface area (Å²) in [5.74, 6) is -1.13. The summed E-state index contributed by atoms with van der Waals surface area (Å²) >= 11 is 1.25. The monoisotopic (exact) mass is 562 g/mol. The zero-order chi connectivity index (χ0) is 28.5. The molecule has 5 aromatic rings. The summed E-state index contributed by atoms with van der Waals surface area (Å²) in [5.41, 5.74) is 2.21. The van der Waals surface area contributed by atoms with Gasteiger partial charge in [-0.1, -0.05) is 77.9 Å². The molecule has 0 fully saturated rings. The number of carbonyl (C=O) groups excluding carboxylic acids is 2. The van der Waals surface area contributed by atoms with Gasteiger partial charge in [-0.2, -0.15) is 0 Å². The van der Waals surface area contributed by atoms with Crippen LogP contribution in [0.5, 0.6) is 0 Å². The molecule has 2 amide bonds. The summed E-state index contributed by atoms with van der Waals surface area (Å²) in [5, 5.41) is 10.0. The lowest BCUT2D eigenvalue weighted by Gasteiger charge is -2.32. The third-order valence-electron chi connectivity index (χ3n) is 7.85. The van der Waals surface area contributed by atoms with E-state index in [-0.39, 0.29) is 23.0 Å². The van der Waals surface area contributed by atoms with Gasteiger partial charge in [0, 0.05) is 12.0 Å². The fraction of sp³-hybridized carbons (Fsp3) is 0.219. The molecule has 2 aliphatic heterocycles. The molecule has 41 heavy (non-hydrogen) atoms. The van der Waals surface area contributed by atoms with E-state index in [1.54, 1.807) is 17.0 Å². The van der Waals surface area contributed by atoms with Crippen molar-refractivity contribution in [1.82, 2.24) is 10.2 Å². The van der Waals surface area contributed by atoms with Gasteiger partial charge >= 0.3 is 0 Å². The zero-order valence-electron chi connectivity index (χ0n) is 22.8. The first kappa shape index (κ1) is 25.3.